The topological polar surface area (TPSA) is 84.2 Å². The van der Waals surface area contributed by atoms with Crippen LogP contribution in [0.2, 0.25) is 0 Å². The summed E-state index contributed by atoms with van der Waals surface area (Å²) in [5.74, 6) is -0.359. The van der Waals surface area contributed by atoms with Crippen LogP contribution in [0.4, 0.5) is 0 Å². The van der Waals surface area contributed by atoms with Gasteiger partial charge in [0, 0.05) is 19.0 Å². The van der Waals surface area contributed by atoms with Crippen molar-refractivity contribution in [1.82, 2.24) is 10.6 Å². The zero-order chi connectivity index (χ0) is 9.68. The maximum atomic E-state index is 11.0. The molecule has 0 spiro atoms. The van der Waals surface area contributed by atoms with Gasteiger partial charge in [-0.1, -0.05) is 0 Å². The molecule has 5 nitrogen and oxygen atoms in total. The highest BCUT2D eigenvalue weighted by Gasteiger charge is 2.22. The van der Waals surface area contributed by atoms with Crippen LogP contribution in [0.1, 0.15) is 19.3 Å². The van der Waals surface area contributed by atoms with E-state index in [1.807, 2.05) is 0 Å². The lowest BCUT2D eigenvalue weighted by Gasteiger charge is -2.03. The molecule has 0 radical (unpaired) electrons. The summed E-state index contributed by atoms with van der Waals surface area (Å²) in [7, 11) is 0. The molecule has 1 rings (SSSR count). The third kappa shape index (κ3) is 5.19. The van der Waals surface area contributed by atoms with Crippen molar-refractivity contribution in [3.05, 3.63) is 0 Å². The minimum Gasteiger partial charge on any atom is -0.370 e. The average molecular weight is 185 g/mol. The lowest BCUT2D eigenvalue weighted by atomic mass is 10.4. The fourth-order valence-corrected chi connectivity index (χ4v) is 0.920. The van der Waals surface area contributed by atoms with Crippen molar-refractivity contribution in [2.45, 2.75) is 25.3 Å². The fourth-order valence-electron chi connectivity index (χ4n) is 0.920. The zero-order valence-electron chi connectivity index (χ0n) is 7.51. The van der Waals surface area contributed by atoms with Crippen molar-refractivity contribution in [2.75, 3.05) is 13.1 Å². The fraction of sp³-hybridized carbons (Fsp3) is 0.750. The summed E-state index contributed by atoms with van der Waals surface area (Å²) < 4.78 is 0. The van der Waals surface area contributed by atoms with E-state index in [0.29, 0.717) is 12.6 Å². The van der Waals surface area contributed by atoms with Gasteiger partial charge in [-0.3, -0.25) is 9.59 Å². The standard InChI is InChI=1S/C8H15N3O2/c9-7(12)3-4-10-5-8(13)11-6-1-2-6/h6,10H,1-5H2,(H2,9,12)(H,11,13). The van der Waals surface area contributed by atoms with Crippen LogP contribution in [0.5, 0.6) is 0 Å². The highest BCUT2D eigenvalue weighted by Crippen LogP contribution is 2.17. The predicted octanol–water partition coefficient (Wildman–Crippen LogP) is -1.27. The third-order valence-electron chi connectivity index (χ3n) is 1.78. The number of amides is 2. The molecular weight excluding hydrogens is 170 g/mol. The van der Waals surface area contributed by atoms with Gasteiger partial charge in [-0.05, 0) is 12.8 Å². The first kappa shape index (κ1) is 9.98. The van der Waals surface area contributed by atoms with Gasteiger partial charge in [-0.2, -0.15) is 0 Å². The molecule has 0 heterocycles. The van der Waals surface area contributed by atoms with Crippen molar-refractivity contribution in [3.8, 4) is 0 Å². The van der Waals surface area contributed by atoms with Crippen molar-refractivity contribution < 1.29 is 9.59 Å². The number of nitrogens with one attached hydrogen (secondary N) is 2. The van der Waals surface area contributed by atoms with Crippen molar-refractivity contribution in [2.24, 2.45) is 5.73 Å². The molecule has 1 aliphatic rings. The smallest absolute Gasteiger partial charge is 0.234 e. The Balaban J connectivity index is 1.91. The van der Waals surface area contributed by atoms with Gasteiger partial charge in [-0.15, -0.1) is 0 Å². The summed E-state index contributed by atoms with van der Waals surface area (Å²) in [6, 6.07) is 0.394. The first-order chi connectivity index (χ1) is 6.18. The van der Waals surface area contributed by atoms with E-state index in [1.54, 1.807) is 0 Å². The number of rotatable bonds is 6. The van der Waals surface area contributed by atoms with E-state index in [2.05, 4.69) is 10.6 Å². The van der Waals surface area contributed by atoms with Gasteiger partial charge >= 0.3 is 0 Å². The Hall–Kier alpha value is -1.10. The molecule has 1 saturated carbocycles. The monoisotopic (exact) mass is 185 g/mol. The number of carbonyl (C=O) groups excluding carboxylic acids is 2. The van der Waals surface area contributed by atoms with E-state index in [1.165, 1.54) is 0 Å². The maximum absolute atomic E-state index is 11.0. The minimum atomic E-state index is -0.352. The molecule has 0 aromatic carbocycles. The van der Waals surface area contributed by atoms with Crippen LogP contribution in [0.25, 0.3) is 0 Å². The van der Waals surface area contributed by atoms with Gasteiger partial charge in [0.1, 0.15) is 0 Å². The van der Waals surface area contributed by atoms with Crippen LogP contribution in [-0.4, -0.2) is 30.9 Å². The van der Waals surface area contributed by atoms with Crippen molar-refractivity contribution >= 4 is 11.8 Å². The molecule has 74 valence electrons. The summed E-state index contributed by atoms with van der Waals surface area (Å²) in [5.41, 5.74) is 4.92. The first-order valence-electron chi connectivity index (χ1n) is 4.47. The second kappa shape index (κ2) is 4.81. The lowest BCUT2D eigenvalue weighted by molar-refractivity contribution is -0.121. The number of carbonyl (C=O) groups is 2. The molecular formula is C8H15N3O2. The van der Waals surface area contributed by atoms with Crippen molar-refractivity contribution in [3.63, 3.8) is 0 Å². The molecule has 2 amide bonds. The maximum Gasteiger partial charge on any atom is 0.234 e. The Kier molecular flexibility index (Phi) is 3.70. The molecule has 0 atom stereocenters. The van der Waals surface area contributed by atoms with E-state index >= 15 is 0 Å². The summed E-state index contributed by atoms with van der Waals surface area (Å²) in [4.78, 5) is 21.4. The van der Waals surface area contributed by atoms with Gasteiger partial charge < -0.3 is 16.4 Å². The number of hydrogen-bond acceptors (Lipinski definition) is 3. The Bertz CT molecular complexity index is 202. The SMILES string of the molecule is NC(=O)CCNCC(=O)NC1CC1. The van der Waals surface area contributed by atoms with Crippen LogP contribution < -0.4 is 16.4 Å². The molecule has 0 saturated heterocycles. The summed E-state index contributed by atoms with van der Waals surface area (Å²) in [6.07, 6.45) is 2.46. The summed E-state index contributed by atoms with van der Waals surface area (Å²) >= 11 is 0. The van der Waals surface area contributed by atoms with Gasteiger partial charge in [-0.25, -0.2) is 0 Å². The van der Waals surface area contributed by atoms with Gasteiger partial charge in [0.05, 0.1) is 6.54 Å². The molecule has 1 aliphatic carbocycles. The summed E-state index contributed by atoms with van der Waals surface area (Å²) in [5, 5.41) is 5.66. The highest BCUT2D eigenvalue weighted by atomic mass is 16.2. The van der Waals surface area contributed by atoms with E-state index in [0.717, 1.165) is 12.8 Å². The van der Waals surface area contributed by atoms with E-state index in [-0.39, 0.29) is 24.8 Å². The number of nitrogens with two attached hydrogens (primary N) is 1. The lowest BCUT2D eigenvalue weighted by Crippen LogP contribution is -2.36. The van der Waals surface area contributed by atoms with E-state index in [4.69, 9.17) is 5.73 Å². The average Bonchev–Trinajstić information content (AvgIpc) is 2.81. The Labute approximate surface area is 77.1 Å². The van der Waals surface area contributed by atoms with Crippen LogP contribution in [0.15, 0.2) is 0 Å². The second-order valence-electron chi connectivity index (χ2n) is 3.23. The Morgan fingerprint density at radius 2 is 2.08 bits per heavy atom. The molecule has 0 aromatic heterocycles. The van der Waals surface area contributed by atoms with Crippen LogP contribution in [0.3, 0.4) is 0 Å². The molecule has 0 bridgehead atoms. The first-order valence-corrected chi connectivity index (χ1v) is 4.47. The molecule has 4 N–H and O–H groups in total. The quantitative estimate of drug-likeness (QED) is 0.451. The van der Waals surface area contributed by atoms with Gasteiger partial charge in [0.2, 0.25) is 11.8 Å². The normalized spacial score (nSPS) is 15.4. The summed E-state index contributed by atoms with van der Waals surface area (Å²) in [6.45, 7) is 0.733. The highest BCUT2D eigenvalue weighted by molar-refractivity contribution is 5.78. The van der Waals surface area contributed by atoms with Crippen LogP contribution in [-0.2, 0) is 9.59 Å². The Morgan fingerprint density at radius 3 is 2.62 bits per heavy atom. The van der Waals surface area contributed by atoms with Crippen molar-refractivity contribution in [1.29, 1.82) is 0 Å². The number of hydrogen-bond donors (Lipinski definition) is 3. The predicted molar refractivity (Wildman–Crippen MR) is 47.8 cm³/mol. The van der Waals surface area contributed by atoms with E-state index < -0.39 is 0 Å². The molecule has 0 aliphatic heterocycles. The zero-order valence-corrected chi connectivity index (χ0v) is 7.51. The molecule has 5 heteroatoms. The van der Waals surface area contributed by atoms with Crippen LogP contribution >= 0.6 is 0 Å². The minimum absolute atomic E-state index is 0.00743. The molecule has 13 heavy (non-hydrogen) atoms. The second-order valence-corrected chi connectivity index (χ2v) is 3.23. The molecule has 1 fully saturated rings. The largest absolute Gasteiger partial charge is 0.370 e. The molecule has 0 aromatic rings. The number of primary amides is 1. The van der Waals surface area contributed by atoms with Crippen LogP contribution in [0, 0.1) is 0 Å². The van der Waals surface area contributed by atoms with Gasteiger partial charge in [0.15, 0.2) is 0 Å². The van der Waals surface area contributed by atoms with E-state index in [9.17, 15) is 9.59 Å². The third-order valence-corrected chi connectivity index (χ3v) is 1.78. The Morgan fingerprint density at radius 1 is 1.38 bits per heavy atom. The van der Waals surface area contributed by atoms with Gasteiger partial charge in [0.25, 0.3) is 0 Å². The molecule has 0 unspecified atom stereocenters.